The lowest BCUT2D eigenvalue weighted by Crippen LogP contribution is -2.51. The van der Waals surface area contributed by atoms with Gasteiger partial charge in [-0.2, -0.15) is 0 Å². The van der Waals surface area contributed by atoms with Gasteiger partial charge in [0.05, 0.1) is 6.61 Å². The average molecular weight is 228 g/mol. The molecule has 3 N–H and O–H groups in total. The molecular weight excluding hydrogens is 215 g/mol. The molecule has 0 fully saturated rings. The molecule has 0 radical (unpaired) electrons. The van der Waals surface area contributed by atoms with E-state index in [1.807, 2.05) is 0 Å². The maximum absolute atomic E-state index is 12.9. The number of aliphatic hydroxyl groups excluding tert-OH is 2. The molecule has 16 heavy (non-hydrogen) atoms. The molecule has 5 heteroatoms. The Bertz CT molecular complexity index is 396. The van der Waals surface area contributed by atoms with Crippen molar-refractivity contribution in [2.24, 2.45) is 0 Å². The molecule has 0 amide bonds. The predicted octanol–water partition coefficient (Wildman–Crippen LogP) is 0.193. The van der Waals surface area contributed by atoms with Gasteiger partial charge in [0.1, 0.15) is 17.7 Å². The molecule has 1 aliphatic rings. The number of benzene rings is 1. The van der Waals surface area contributed by atoms with E-state index in [-0.39, 0.29) is 12.2 Å². The molecule has 0 saturated carbocycles. The highest BCUT2D eigenvalue weighted by molar-refractivity contribution is 5.36. The molecule has 1 aromatic carbocycles. The smallest absolute Gasteiger partial charge is 0.236 e. The van der Waals surface area contributed by atoms with Crippen molar-refractivity contribution in [3.05, 3.63) is 29.6 Å². The largest absolute Gasteiger partial charge is 0.459 e. The monoisotopic (exact) mass is 228 g/mol. The van der Waals surface area contributed by atoms with Crippen LogP contribution in [0.1, 0.15) is 12.0 Å². The molecule has 4 nitrogen and oxygen atoms in total. The summed E-state index contributed by atoms with van der Waals surface area (Å²) in [5, 5.41) is 28.1. The number of aryl methyl sites for hydroxylation is 1. The van der Waals surface area contributed by atoms with E-state index in [2.05, 4.69) is 0 Å². The van der Waals surface area contributed by atoms with Crippen molar-refractivity contribution >= 4 is 0 Å². The molecule has 88 valence electrons. The summed E-state index contributed by atoms with van der Waals surface area (Å²) in [6.07, 6.45) is -0.864. The number of fused-ring (bicyclic) bond motifs is 1. The molecule has 0 unspecified atom stereocenters. The molecule has 1 aliphatic heterocycles. The van der Waals surface area contributed by atoms with Crippen LogP contribution >= 0.6 is 0 Å². The van der Waals surface area contributed by atoms with E-state index in [0.717, 1.165) is 0 Å². The van der Waals surface area contributed by atoms with Gasteiger partial charge in [-0.05, 0) is 30.2 Å². The topological polar surface area (TPSA) is 69.9 Å². The number of ether oxygens (including phenoxy) is 1. The van der Waals surface area contributed by atoms with E-state index in [0.29, 0.717) is 17.7 Å². The molecule has 0 spiro atoms. The zero-order chi connectivity index (χ0) is 11.8. The second kappa shape index (κ2) is 4.01. The van der Waals surface area contributed by atoms with Gasteiger partial charge < -0.3 is 20.1 Å². The van der Waals surface area contributed by atoms with Gasteiger partial charge in [0.25, 0.3) is 0 Å². The minimum atomic E-state index is -1.79. The van der Waals surface area contributed by atoms with Crippen LogP contribution < -0.4 is 4.74 Å². The Hall–Kier alpha value is -1.17. The standard InChI is InChI=1S/C11H13FO4/c12-8-1-2-9-7(5-8)3-4-11(15,16-9)10(14)6-13/h1-2,5,10,13-15H,3-4,6H2/t10-,11-/m0/s1. The van der Waals surface area contributed by atoms with Crippen molar-refractivity contribution in [3.63, 3.8) is 0 Å². The number of halogens is 1. The van der Waals surface area contributed by atoms with Crippen molar-refractivity contribution in [1.82, 2.24) is 0 Å². The van der Waals surface area contributed by atoms with Crippen LogP contribution in [0.15, 0.2) is 18.2 Å². The molecule has 0 bridgehead atoms. The molecule has 2 rings (SSSR count). The van der Waals surface area contributed by atoms with Crippen LogP contribution in [0.2, 0.25) is 0 Å². The van der Waals surface area contributed by atoms with E-state index in [9.17, 15) is 14.6 Å². The minimum absolute atomic E-state index is 0.116. The zero-order valence-electron chi connectivity index (χ0n) is 8.56. The first-order valence-electron chi connectivity index (χ1n) is 5.04. The zero-order valence-corrected chi connectivity index (χ0v) is 8.56. The molecule has 0 saturated heterocycles. The summed E-state index contributed by atoms with van der Waals surface area (Å²) < 4.78 is 18.1. The highest BCUT2D eigenvalue weighted by atomic mass is 19.1. The Balaban J connectivity index is 2.27. The van der Waals surface area contributed by atoms with Crippen LogP contribution in [0.25, 0.3) is 0 Å². The second-order valence-corrected chi connectivity index (χ2v) is 3.90. The lowest BCUT2D eigenvalue weighted by atomic mass is 9.96. The number of hydrogen-bond acceptors (Lipinski definition) is 4. The maximum Gasteiger partial charge on any atom is 0.236 e. The Morgan fingerprint density at radius 1 is 1.50 bits per heavy atom. The van der Waals surface area contributed by atoms with Gasteiger partial charge >= 0.3 is 0 Å². The van der Waals surface area contributed by atoms with Crippen LogP contribution in [-0.4, -0.2) is 33.8 Å². The van der Waals surface area contributed by atoms with Gasteiger partial charge in [0.15, 0.2) is 0 Å². The van der Waals surface area contributed by atoms with Crippen LogP contribution in [0.3, 0.4) is 0 Å². The first-order chi connectivity index (χ1) is 7.55. The third-order valence-electron chi connectivity index (χ3n) is 2.76. The molecular formula is C11H13FO4. The minimum Gasteiger partial charge on any atom is -0.459 e. The van der Waals surface area contributed by atoms with E-state index >= 15 is 0 Å². The van der Waals surface area contributed by atoms with Crippen molar-refractivity contribution < 1.29 is 24.4 Å². The molecule has 1 heterocycles. The molecule has 0 aromatic heterocycles. The summed E-state index contributed by atoms with van der Waals surface area (Å²) in [7, 11) is 0. The maximum atomic E-state index is 12.9. The first kappa shape index (κ1) is 11.3. The SMILES string of the molecule is OC[C@H](O)[C@]1(O)CCc2cc(F)ccc2O1. The van der Waals surface area contributed by atoms with Crippen molar-refractivity contribution in [3.8, 4) is 5.75 Å². The third kappa shape index (κ3) is 1.89. The number of rotatable bonds is 2. The van der Waals surface area contributed by atoms with Crippen molar-refractivity contribution in [2.45, 2.75) is 24.7 Å². The van der Waals surface area contributed by atoms with Crippen molar-refractivity contribution in [2.75, 3.05) is 6.61 Å². The average Bonchev–Trinajstić information content (AvgIpc) is 2.28. The van der Waals surface area contributed by atoms with Crippen LogP contribution in [-0.2, 0) is 6.42 Å². The predicted molar refractivity (Wildman–Crippen MR) is 53.4 cm³/mol. The fourth-order valence-electron chi connectivity index (χ4n) is 1.78. The summed E-state index contributed by atoms with van der Waals surface area (Å²) in [5.41, 5.74) is 0.648. The Kier molecular flexibility index (Phi) is 2.84. The normalized spacial score (nSPS) is 25.8. The Morgan fingerprint density at radius 3 is 2.94 bits per heavy atom. The molecule has 0 aliphatic carbocycles. The van der Waals surface area contributed by atoms with Gasteiger partial charge in [-0.25, -0.2) is 4.39 Å². The summed E-state index contributed by atoms with van der Waals surface area (Å²) in [6.45, 7) is -0.590. The second-order valence-electron chi connectivity index (χ2n) is 3.90. The van der Waals surface area contributed by atoms with Crippen LogP contribution in [0.5, 0.6) is 5.75 Å². The lowest BCUT2D eigenvalue weighted by Gasteiger charge is -2.36. The van der Waals surface area contributed by atoms with E-state index in [1.165, 1.54) is 18.2 Å². The summed E-state index contributed by atoms with van der Waals surface area (Å²) >= 11 is 0. The summed E-state index contributed by atoms with van der Waals surface area (Å²) in [5.74, 6) is -1.82. The third-order valence-corrected chi connectivity index (χ3v) is 2.76. The van der Waals surface area contributed by atoms with Crippen LogP contribution in [0, 0.1) is 5.82 Å². The lowest BCUT2D eigenvalue weighted by molar-refractivity contribution is -0.222. The quantitative estimate of drug-likeness (QED) is 0.676. The van der Waals surface area contributed by atoms with E-state index < -0.39 is 18.5 Å². The first-order valence-corrected chi connectivity index (χ1v) is 5.04. The Labute approximate surface area is 91.9 Å². The number of hydrogen-bond donors (Lipinski definition) is 3. The Morgan fingerprint density at radius 2 is 2.25 bits per heavy atom. The molecule has 1 aromatic rings. The van der Waals surface area contributed by atoms with Gasteiger partial charge in [0.2, 0.25) is 5.79 Å². The highest BCUT2D eigenvalue weighted by Crippen LogP contribution is 2.34. The van der Waals surface area contributed by atoms with Crippen molar-refractivity contribution in [1.29, 1.82) is 0 Å². The fraction of sp³-hybridized carbons (Fsp3) is 0.455. The van der Waals surface area contributed by atoms with E-state index in [4.69, 9.17) is 9.84 Å². The summed E-state index contributed by atoms with van der Waals surface area (Å²) in [4.78, 5) is 0. The van der Waals surface area contributed by atoms with Crippen LogP contribution in [0.4, 0.5) is 4.39 Å². The summed E-state index contributed by atoms with van der Waals surface area (Å²) in [6, 6.07) is 3.95. The fourth-order valence-corrected chi connectivity index (χ4v) is 1.78. The number of aliphatic hydroxyl groups is 3. The molecule has 2 atom stereocenters. The van der Waals surface area contributed by atoms with Gasteiger partial charge in [-0.15, -0.1) is 0 Å². The van der Waals surface area contributed by atoms with E-state index in [1.54, 1.807) is 0 Å². The highest BCUT2D eigenvalue weighted by Gasteiger charge is 2.40. The van der Waals surface area contributed by atoms with Gasteiger partial charge in [0, 0.05) is 6.42 Å². The van der Waals surface area contributed by atoms with Gasteiger partial charge in [-0.3, -0.25) is 0 Å². The van der Waals surface area contributed by atoms with Gasteiger partial charge in [-0.1, -0.05) is 0 Å².